The summed E-state index contributed by atoms with van der Waals surface area (Å²) in [6, 6.07) is 17.3. The number of amides is 1. The first-order chi connectivity index (χ1) is 13.4. The Labute approximate surface area is 166 Å². The van der Waals surface area contributed by atoms with E-state index in [1.165, 1.54) is 0 Å². The van der Waals surface area contributed by atoms with Gasteiger partial charge in [-0.25, -0.2) is 0 Å². The van der Waals surface area contributed by atoms with Gasteiger partial charge in [0.25, 0.3) is 0 Å². The number of carbonyl (C=O) groups is 2. The second-order valence-electron chi connectivity index (χ2n) is 8.41. The molecule has 1 N–H and O–H groups in total. The van der Waals surface area contributed by atoms with Crippen molar-refractivity contribution in [2.24, 2.45) is 5.41 Å². The number of benzene rings is 2. The van der Waals surface area contributed by atoms with E-state index in [-0.39, 0.29) is 17.1 Å². The summed E-state index contributed by atoms with van der Waals surface area (Å²) in [4.78, 5) is 28.3. The Morgan fingerprint density at radius 2 is 1.75 bits per heavy atom. The first-order valence-electron chi connectivity index (χ1n) is 9.90. The number of allylic oxidation sites excluding steroid dienone is 1. The molecule has 4 nitrogen and oxygen atoms in total. The predicted molar refractivity (Wildman–Crippen MR) is 112 cm³/mol. The number of Topliss-reactive ketones (excluding diaryl/α,β-unsaturated/α-hetero) is 1. The maximum atomic E-state index is 13.4. The lowest BCUT2D eigenvalue weighted by Gasteiger charge is -2.37. The van der Waals surface area contributed by atoms with Crippen molar-refractivity contribution in [2.75, 3.05) is 10.2 Å². The van der Waals surface area contributed by atoms with Crippen LogP contribution in [0.1, 0.15) is 51.6 Å². The van der Waals surface area contributed by atoms with Crippen LogP contribution in [0.5, 0.6) is 0 Å². The zero-order chi connectivity index (χ0) is 19.9. The Morgan fingerprint density at radius 1 is 1.07 bits per heavy atom. The average Bonchev–Trinajstić information content (AvgIpc) is 2.81. The lowest BCUT2D eigenvalue weighted by molar-refractivity contribution is -0.119. The zero-order valence-corrected chi connectivity index (χ0v) is 16.7. The third-order valence-corrected chi connectivity index (χ3v) is 5.59. The molecule has 4 heteroatoms. The molecule has 2 aliphatic rings. The van der Waals surface area contributed by atoms with Crippen molar-refractivity contribution >= 4 is 23.1 Å². The van der Waals surface area contributed by atoms with Crippen molar-refractivity contribution in [3.8, 4) is 0 Å². The summed E-state index contributed by atoms with van der Waals surface area (Å²) in [5.74, 6) is 0.129. The number of anilines is 2. The van der Waals surface area contributed by atoms with E-state index in [0.717, 1.165) is 34.6 Å². The molecule has 1 aliphatic carbocycles. The predicted octanol–water partition coefficient (Wildman–Crippen LogP) is 5.24. The van der Waals surface area contributed by atoms with Crippen LogP contribution in [0.25, 0.3) is 0 Å². The van der Waals surface area contributed by atoms with Gasteiger partial charge in [-0.3, -0.25) is 14.5 Å². The third kappa shape index (κ3) is 3.13. The summed E-state index contributed by atoms with van der Waals surface area (Å²) in [7, 11) is 0. The van der Waals surface area contributed by atoms with Crippen LogP contribution in [-0.2, 0) is 9.59 Å². The maximum absolute atomic E-state index is 13.4. The molecule has 0 bridgehead atoms. The highest BCUT2D eigenvalue weighted by Crippen LogP contribution is 2.48. The third-order valence-electron chi connectivity index (χ3n) is 5.59. The van der Waals surface area contributed by atoms with Crippen molar-refractivity contribution in [3.63, 3.8) is 0 Å². The number of para-hydroxylation sites is 2. The molecule has 1 aliphatic heterocycles. The molecular formula is C24H26N2O2. The summed E-state index contributed by atoms with van der Waals surface area (Å²) in [5.41, 5.74) is 4.22. The van der Waals surface area contributed by atoms with E-state index in [1.807, 2.05) is 66.4 Å². The number of carbonyl (C=O) groups excluding carboxylic acids is 2. The van der Waals surface area contributed by atoms with Gasteiger partial charge in [-0.1, -0.05) is 63.2 Å². The van der Waals surface area contributed by atoms with Crippen LogP contribution in [0, 0.1) is 5.41 Å². The molecule has 0 fully saturated rings. The lowest BCUT2D eigenvalue weighted by Crippen LogP contribution is -2.39. The molecule has 0 saturated heterocycles. The molecule has 0 saturated carbocycles. The molecule has 28 heavy (non-hydrogen) atoms. The first-order valence-corrected chi connectivity index (χ1v) is 9.90. The van der Waals surface area contributed by atoms with Gasteiger partial charge in [-0.05, 0) is 29.5 Å². The van der Waals surface area contributed by atoms with E-state index in [4.69, 9.17) is 0 Å². The zero-order valence-electron chi connectivity index (χ0n) is 16.7. The average molecular weight is 374 g/mol. The van der Waals surface area contributed by atoms with Crippen LogP contribution in [0.2, 0.25) is 0 Å². The van der Waals surface area contributed by atoms with Crippen LogP contribution in [-0.4, -0.2) is 11.7 Å². The number of nitrogens with one attached hydrogen (secondary N) is 1. The molecule has 0 unspecified atom stereocenters. The van der Waals surface area contributed by atoms with Gasteiger partial charge in [0.15, 0.2) is 5.78 Å². The highest BCUT2D eigenvalue weighted by molar-refractivity contribution is 6.06. The van der Waals surface area contributed by atoms with Crippen LogP contribution < -0.4 is 10.2 Å². The molecule has 2 aromatic rings. The number of fused-ring (bicyclic) bond motifs is 1. The van der Waals surface area contributed by atoms with E-state index < -0.39 is 6.04 Å². The minimum absolute atomic E-state index is 0.00878. The standard InChI is InChI=1S/C24H26N2O2/c1-4-21(28)26-19-13-9-8-12-17(19)25-18-14-24(2,3)15-20(27)22(18)23(26)16-10-6-5-7-11-16/h5-13,23,25H,4,14-15H2,1-3H3/t23-/m1/s1. The van der Waals surface area contributed by atoms with Gasteiger partial charge in [0.1, 0.15) is 0 Å². The molecular weight excluding hydrogens is 348 g/mol. The topological polar surface area (TPSA) is 49.4 Å². The summed E-state index contributed by atoms with van der Waals surface area (Å²) >= 11 is 0. The second kappa shape index (κ2) is 6.93. The molecule has 2 aromatic carbocycles. The molecule has 1 atom stereocenters. The van der Waals surface area contributed by atoms with Crippen LogP contribution in [0.3, 0.4) is 0 Å². The molecule has 0 aromatic heterocycles. The van der Waals surface area contributed by atoms with Gasteiger partial charge in [-0.2, -0.15) is 0 Å². The molecule has 0 radical (unpaired) electrons. The fraction of sp³-hybridized carbons (Fsp3) is 0.333. The van der Waals surface area contributed by atoms with Crippen molar-refractivity contribution in [1.82, 2.24) is 0 Å². The van der Waals surface area contributed by atoms with Gasteiger partial charge >= 0.3 is 0 Å². The Balaban J connectivity index is 2.01. The number of nitrogens with zero attached hydrogens (tertiary/aromatic N) is 1. The van der Waals surface area contributed by atoms with Gasteiger partial charge in [0, 0.05) is 24.1 Å². The van der Waals surface area contributed by atoms with Crippen LogP contribution >= 0.6 is 0 Å². The smallest absolute Gasteiger partial charge is 0.227 e. The fourth-order valence-electron chi connectivity index (χ4n) is 4.38. The Bertz CT molecular complexity index is 960. The van der Waals surface area contributed by atoms with Gasteiger partial charge in [0.05, 0.1) is 17.4 Å². The number of hydrogen-bond donors (Lipinski definition) is 1. The van der Waals surface area contributed by atoms with E-state index in [0.29, 0.717) is 12.8 Å². The molecule has 1 amide bonds. The summed E-state index contributed by atoms with van der Waals surface area (Å²) in [6.07, 6.45) is 1.64. The van der Waals surface area contributed by atoms with Crippen LogP contribution in [0.15, 0.2) is 65.9 Å². The Morgan fingerprint density at radius 3 is 2.46 bits per heavy atom. The van der Waals surface area contributed by atoms with Crippen molar-refractivity contribution in [1.29, 1.82) is 0 Å². The Kier molecular flexibility index (Phi) is 4.58. The van der Waals surface area contributed by atoms with Crippen LogP contribution in [0.4, 0.5) is 11.4 Å². The summed E-state index contributed by atoms with van der Waals surface area (Å²) in [5, 5.41) is 3.52. The maximum Gasteiger partial charge on any atom is 0.227 e. The van der Waals surface area contributed by atoms with Crippen molar-refractivity contribution in [3.05, 3.63) is 71.4 Å². The molecule has 1 heterocycles. The highest BCUT2D eigenvalue weighted by atomic mass is 16.2. The van der Waals surface area contributed by atoms with Crippen molar-refractivity contribution in [2.45, 2.75) is 46.1 Å². The SMILES string of the molecule is CCC(=O)N1c2ccccc2NC2=C(C(=O)CC(C)(C)C2)[C@H]1c1ccccc1. The highest BCUT2D eigenvalue weighted by Gasteiger charge is 2.42. The number of hydrogen-bond acceptors (Lipinski definition) is 3. The van der Waals surface area contributed by atoms with Gasteiger partial charge in [-0.15, -0.1) is 0 Å². The monoisotopic (exact) mass is 374 g/mol. The van der Waals surface area contributed by atoms with E-state index >= 15 is 0 Å². The number of rotatable bonds is 2. The quantitative estimate of drug-likeness (QED) is 0.782. The van der Waals surface area contributed by atoms with E-state index in [2.05, 4.69) is 19.2 Å². The van der Waals surface area contributed by atoms with Gasteiger partial charge < -0.3 is 5.32 Å². The summed E-state index contributed by atoms with van der Waals surface area (Å²) < 4.78 is 0. The molecule has 0 spiro atoms. The largest absolute Gasteiger partial charge is 0.357 e. The van der Waals surface area contributed by atoms with E-state index in [1.54, 1.807) is 0 Å². The minimum atomic E-state index is -0.414. The minimum Gasteiger partial charge on any atom is -0.357 e. The van der Waals surface area contributed by atoms with E-state index in [9.17, 15) is 9.59 Å². The summed E-state index contributed by atoms with van der Waals surface area (Å²) in [6.45, 7) is 6.12. The number of ketones is 1. The van der Waals surface area contributed by atoms with Gasteiger partial charge in [0.2, 0.25) is 5.91 Å². The normalized spacial score (nSPS) is 20.8. The van der Waals surface area contributed by atoms with Crippen molar-refractivity contribution < 1.29 is 9.59 Å². The second-order valence-corrected chi connectivity index (χ2v) is 8.41. The Hall–Kier alpha value is -2.88. The lowest BCUT2D eigenvalue weighted by atomic mass is 9.73. The fourth-order valence-corrected chi connectivity index (χ4v) is 4.38. The molecule has 144 valence electrons. The molecule has 4 rings (SSSR count). The first kappa shape index (κ1) is 18.5.